The van der Waals surface area contributed by atoms with Crippen molar-refractivity contribution in [2.45, 2.75) is 24.5 Å². The lowest BCUT2D eigenvalue weighted by molar-refractivity contribution is -0.116. The average molecular weight is 534 g/mol. The Labute approximate surface area is 220 Å². The number of hydrogen-bond acceptors (Lipinski definition) is 9. The highest BCUT2D eigenvalue weighted by Gasteiger charge is 2.30. The van der Waals surface area contributed by atoms with Crippen LogP contribution in [0.1, 0.15) is 38.7 Å². The molecular formula is C26H23N5O6S. The molecule has 2 aromatic carbocycles. The summed E-state index contributed by atoms with van der Waals surface area (Å²) in [6.45, 7) is 1.97. The van der Waals surface area contributed by atoms with Crippen LogP contribution in [-0.4, -0.2) is 57.1 Å². The lowest BCUT2D eigenvalue weighted by Crippen LogP contribution is -2.28. The number of ether oxygens (including phenoxy) is 2. The van der Waals surface area contributed by atoms with Gasteiger partial charge in [0, 0.05) is 12.2 Å². The molecule has 2 aromatic heterocycles. The van der Waals surface area contributed by atoms with E-state index in [0.717, 1.165) is 11.3 Å². The zero-order chi connectivity index (χ0) is 27.0. The summed E-state index contributed by atoms with van der Waals surface area (Å²) >= 11 is 1.38. The van der Waals surface area contributed by atoms with Gasteiger partial charge in [-0.3, -0.25) is 14.2 Å². The quantitative estimate of drug-likeness (QED) is 0.293. The third kappa shape index (κ3) is 4.54. The van der Waals surface area contributed by atoms with Crippen molar-refractivity contribution < 1.29 is 23.9 Å². The molecule has 0 saturated carbocycles. The zero-order valence-corrected chi connectivity index (χ0v) is 21.6. The van der Waals surface area contributed by atoms with Gasteiger partial charge in [0.15, 0.2) is 10.8 Å². The largest absolute Gasteiger partial charge is 0.465 e. The van der Waals surface area contributed by atoms with Gasteiger partial charge in [0.25, 0.3) is 5.56 Å². The molecule has 3 heterocycles. The number of nitrogens with one attached hydrogen (secondary N) is 1. The van der Waals surface area contributed by atoms with Gasteiger partial charge in [0.05, 0.1) is 49.0 Å². The monoisotopic (exact) mass is 533 g/mol. The van der Waals surface area contributed by atoms with Gasteiger partial charge in [-0.15, -0.1) is 0 Å². The van der Waals surface area contributed by atoms with Crippen LogP contribution in [0.2, 0.25) is 0 Å². The van der Waals surface area contributed by atoms with E-state index in [1.807, 2.05) is 31.2 Å². The molecule has 1 N–H and O–H groups in total. The number of carbonyl (C=O) groups is 3. The molecule has 11 nitrogen and oxygen atoms in total. The Morgan fingerprint density at radius 2 is 1.89 bits per heavy atom. The molecule has 0 spiro atoms. The summed E-state index contributed by atoms with van der Waals surface area (Å²) in [5, 5.41) is 7.91. The van der Waals surface area contributed by atoms with Crippen LogP contribution in [-0.2, 0) is 14.3 Å². The summed E-state index contributed by atoms with van der Waals surface area (Å²) in [7, 11) is 2.45. The number of esters is 2. The molecular weight excluding hydrogens is 510 g/mol. The molecule has 194 valence electrons. The maximum absolute atomic E-state index is 13.4. The Morgan fingerprint density at radius 3 is 2.63 bits per heavy atom. The van der Waals surface area contributed by atoms with E-state index in [2.05, 4.69) is 10.4 Å². The Morgan fingerprint density at radius 1 is 1.11 bits per heavy atom. The van der Waals surface area contributed by atoms with Crippen LogP contribution in [0.3, 0.4) is 0 Å². The number of benzene rings is 2. The summed E-state index contributed by atoms with van der Waals surface area (Å²) in [5.74, 6) is -1.28. The smallest absolute Gasteiger partial charge is 0.339 e. The number of nitrogens with zero attached hydrogens (tertiary/aromatic N) is 4. The first-order chi connectivity index (χ1) is 18.3. The molecule has 0 fully saturated rings. The van der Waals surface area contributed by atoms with Gasteiger partial charge in [0.2, 0.25) is 5.91 Å². The summed E-state index contributed by atoms with van der Waals surface area (Å²) in [4.78, 5) is 55.3. The third-order valence-corrected chi connectivity index (χ3v) is 7.26. The number of aromatic nitrogens is 4. The van der Waals surface area contributed by atoms with Crippen molar-refractivity contribution >= 4 is 46.3 Å². The first-order valence-electron chi connectivity index (χ1n) is 11.6. The van der Waals surface area contributed by atoms with Crippen molar-refractivity contribution in [3.63, 3.8) is 0 Å². The Bertz CT molecular complexity index is 1660. The topological polar surface area (TPSA) is 134 Å². The number of thioether (sulfide) groups is 1. The van der Waals surface area contributed by atoms with Gasteiger partial charge >= 0.3 is 11.9 Å². The van der Waals surface area contributed by atoms with Gasteiger partial charge in [0.1, 0.15) is 5.39 Å². The Kier molecular flexibility index (Phi) is 6.72. The summed E-state index contributed by atoms with van der Waals surface area (Å²) in [5.41, 5.74) is 2.37. The SMILES string of the molecule is COC(=O)c1ccc(C(=O)OC)c(NC(=O)CC2CSc3nc4c(cnn4-c4cccc(C)c4)c(=O)n32)c1. The second-order valence-corrected chi connectivity index (χ2v) is 9.65. The number of fused-ring (bicyclic) bond motifs is 2. The molecule has 4 aromatic rings. The van der Waals surface area contributed by atoms with Gasteiger partial charge in [-0.2, -0.15) is 5.10 Å². The van der Waals surface area contributed by atoms with Crippen molar-refractivity contribution in [2.24, 2.45) is 0 Å². The number of carbonyl (C=O) groups excluding carboxylic acids is 3. The van der Waals surface area contributed by atoms with Gasteiger partial charge in [-0.1, -0.05) is 23.9 Å². The number of hydrogen-bond donors (Lipinski definition) is 1. The number of amides is 1. The van der Waals surface area contributed by atoms with E-state index < -0.39 is 23.9 Å². The molecule has 38 heavy (non-hydrogen) atoms. The first-order valence-corrected chi connectivity index (χ1v) is 12.6. The van der Waals surface area contributed by atoms with Crippen molar-refractivity contribution in [1.29, 1.82) is 0 Å². The molecule has 1 atom stereocenters. The van der Waals surface area contributed by atoms with E-state index in [1.54, 1.807) is 4.68 Å². The van der Waals surface area contributed by atoms with Crippen LogP contribution in [0.5, 0.6) is 0 Å². The number of methoxy groups -OCH3 is 2. The molecule has 0 radical (unpaired) electrons. The van der Waals surface area contributed by atoms with Crippen LogP contribution in [0.4, 0.5) is 5.69 Å². The molecule has 0 aliphatic carbocycles. The minimum Gasteiger partial charge on any atom is -0.465 e. The fourth-order valence-electron chi connectivity index (χ4n) is 4.33. The molecule has 0 bridgehead atoms. The van der Waals surface area contributed by atoms with E-state index >= 15 is 0 Å². The lowest BCUT2D eigenvalue weighted by atomic mass is 10.1. The van der Waals surface area contributed by atoms with Crippen molar-refractivity contribution in [2.75, 3.05) is 25.3 Å². The van der Waals surface area contributed by atoms with E-state index in [-0.39, 0.29) is 28.8 Å². The van der Waals surface area contributed by atoms with Crippen LogP contribution in [0.25, 0.3) is 16.7 Å². The summed E-state index contributed by atoms with van der Waals surface area (Å²) in [6, 6.07) is 11.4. The maximum Gasteiger partial charge on any atom is 0.339 e. The van der Waals surface area contributed by atoms with Crippen LogP contribution in [0.15, 0.2) is 58.6 Å². The first kappa shape index (κ1) is 25.2. The van der Waals surface area contributed by atoms with E-state index in [4.69, 9.17) is 14.5 Å². The minimum atomic E-state index is -0.674. The van der Waals surface area contributed by atoms with Gasteiger partial charge in [-0.25, -0.2) is 19.3 Å². The molecule has 1 aliphatic heterocycles. The molecule has 1 aliphatic rings. The third-order valence-electron chi connectivity index (χ3n) is 6.16. The minimum absolute atomic E-state index is 0.0534. The van der Waals surface area contributed by atoms with Crippen molar-refractivity contribution in [3.05, 3.63) is 75.7 Å². The Hall–Kier alpha value is -4.45. The molecule has 5 rings (SSSR count). The highest BCUT2D eigenvalue weighted by Crippen LogP contribution is 2.34. The highest BCUT2D eigenvalue weighted by atomic mass is 32.2. The number of rotatable bonds is 6. The second-order valence-electron chi connectivity index (χ2n) is 8.66. The molecule has 0 saturated heterocycles. The van der Waals surface area contributed by atoms with Crippen LogP contribution >= 0.6 is 11.8 Å². The zero-order valence-electron chi connectivity index (χ0n) is 20.8. The molecule has 1 unspecified atom stereocenters. The Balaban J connectivity index is 1.43. The lowest BCUT2D eigenvalue weighted by Gasteiger charge is -2.15. The molecule has 12 heteroatoms. The predicted octanol–water partition coefficient (Wildman–Crippen LogP) is 3.14. The van der Waals surface area contributed by atoms with Crippen LogP contribution in [0, 0.1) is 6.92 Å². The highest BCUT2D eigenvalue weighted by molar-refractivity contribution is 7.99. The fraction of sp³-hybridized carbons (Fsp3) is 0.231. The van der Waals surface area contributed by atoms with Gasteiger partial charge < -0.3 is 14.8 Å². The summed E-state index contributed by atoms with van der Waals surface area (Å²) < 4.78 is 12.7. The standard InChI is InChI=1S/C26H23N5O6S/c1-14-5-4-6-16(9-14)31-22-19(12-27-31)23(33)30-17(13-38-26(30)29-22)11-21(32)28-20-10-15(24(34)36-2)7-8-18(20)25(35)37-3/h4-10,12,17H,11,13H2,1-3H3,(H,28,32). The van der Waals surface area contributed by atoms with E-state index in [1.165, 1.54) is 54.9 Å². The second kappa shape index (κ2) is 10.1. The number of anilines is 1. The van der Waals surface area contributed by atoms with E-state index in [0.29, 0.717) is 21.9 Å². The maximum atomic E-state index is 13.4. The van der Waals surface area contributed by atoms with E-state index in [9.17, 15) is 19.2 Å². The van der Waals surface area contributed by atoms with Gasteiger partial charge in [-0.05, 0) is 42.8 Å². The van der Waals surface area contributed by atoms with Crippen molar-refractivity contribution in [3.8, 4) is 5.69 Å². The molecule has 1 amide bonds. The van der Waals surface area contributed by atoms with Crippen molar-refractivity contribution in [1.82, 2.24) is 19.3 Å². The summed E-state index contributed by atoms with van der Waals surface area (Å²) in [6.07, 6.45) is 1.43. The normalized spacial score (nSPS) is 14.2. The average Bonchev–Trinajstić information content (AvgIpc) is 3.52. The fourth-order valence-corrected chi connectivity index (χ4v) is 5.46. The van der Waals surface area contributed by atoms with Crippen LogP contribution < -0.4 is 10.9 Å². The number of aryl methyl sites for hydroxylation is 1. The predicted molar refractivity (Wildman–Crippen MR) is 140 cm³/mol.